The molecule has 0 bridgehead atoms. The van der Waals surface area contributed by atoms with Crippen molar-refractivity contribution in [3.8, 4) is 0 Å². The van der Waals surface area contributed by atoms with E-state index in [4.69, 9.17) is 37.0 Å². The van der Waals surface area contributed by atoms with E-state index in [1.165, 1.54) is 141 Å². The molecule has 0 aliphatic heterocycles. The summed E-state index contributed by atoms with van der Waals surface area (Å²) in [5, 5.41) is 10.5. The highest BCUT2D eigenvalue weighted by Gasteiger charge is 2.30. The molecule has 85 heavy (non-hydrogen) atoms. The highest BCUT2D eigenvalue weighted by Crippen LogP contribution is 2.45. The standard InChI is InChI=1S/C66H128O17P2/c1-7-10-12-14-16-18-25-32-38-44-50-65(70)82-61(54-76-63(68)48-42-36-30-17-15-13-11-8-2)56-80-84(72,73)78-52-60(67)53-79-85(74,75)81-57-62(55-77-64(69)49-43-37-31-26-21-19-23-28-34-40-46-58(4)5)83-66(71)51-45-39-33-27-22-20-24-29-35-41-47-59(6)9-3/h58-62,67H,7-57H2,1-6H3,(H,72,73)(H,74,75)/t59?,60-,61+,62+/m0/s1. The second-order valence-corrected chi connectivity index (χ2v) is 27.5. The first kappa shape index (κ1) is 83.1. The number of aliphatic hydroxyl groups is 1. The molecular formula is C66H128O17P2. The van der Waals surface area contributed by atoms with Gasteiger partial charge in [-0.15, -0.1) is 0 Å². The molecule has 0 aromatic carbocycles. The fourth-order valence-corrected chi connectivity index (χ4v) is 11.4. The molecule has 0 rings (SSSR count). The molecule has 3 unspecified atom stereocenters. The second kappa shape index (κ2) is 58.4. The highest BCUT2D eigenvalue weighted by molar-refractivity contribution is 7.47. The van der Waals surface area contributed by atoms with E-state index in [0.29, 0.717) is 25.7 Å². The number of hydrogen-bond donors (Lipinski definition) is 3. The first-order valence-corrected chi connectivity index (χ1v) is 37.5. The van der Waals surface area contributed by atoms with Crippen molar-refractivity contribution in [3.63, 3.8) is 0 Å². The zero-order valence-corrected chi connectivity index (χ0v) is 56.7. The average Bonchev–Trinajstić information content (AvgIpc) is 3.55. The molecule has 3 N–H and O–H groups in total. The van der Waals surface area contributed by atoms with Crippen molar-refractivity contribution < 1.29 is 80.2 Å². The largest absolute Gasteiger partial charge is 0.472 e. The molecule has 17 nitrogen and oxygen atoms in total. The maximum atomic E-state index is 13.0. The monoisotopic (exact) mass is 1250 g/mol. The molecule has 6 atom stereocenters. The molecule has 19 heteroatoms. The predicted molar refractivity (Wildman–Crippen MR) is 340 cm³/mol. The number of ether oxygens (including phenoxy) is 4. The zero-order valence-electron chi connectivity index (χ0n) is 54.9. The Bertz CT molecular complexity index is 1670. The van der Waals surface area contributed by atoms with Crippen molar-refractivity contribution in [3.05, 3.63) is 0 Å². The number of carbonyl (C=O) groups excluding carboxylic acids is 4. The third-order valence-electron chi connectivity index (χ3n) is 15.6. The Labute approximate surface area is 517 Å². The van der Waals surface area contributed by atoms with Crippen LogP contribution in [-0.2, 0) is 65.4 Å². The maximum Gasteiger partial charge on any atom is 0.472 e. The Balaban J connectivity index is 5.23. The number of hydrogen-bond acceptors (Lipinski definition) is 15. The Kier molecular flexibility index (Phi) is 57.1. The van der Waals surface area contributed by atoms with Gasteiger partial charge in [0.25, 0.3) is 0 Å². The zero-order chi connectivity index (χ0) is 62.9. The van der Waals surface area contributed by atoms with E-state index >= 15 is 0 Å². The average molecular weight is 1260 g/mol. The Morgan fingerprint density at radius 1 is 0.341 bits per heavy atom. The van der Waals surface area contributed by atoms with Crippen LogP contribution >= 0.6 is 15.6 Å². The van der Waals surface area contributed by atoms with Crippen LogP contribution in [0.4, 0.5) is 0 Å². The summed E-state index contributed by atoms with van der Waals surface area (Å²) in [5.41, 5.74) is 0. The van der Waals surface area contributed by atoms with E-state index in [0.717, 1.165) is 108 Å². The van der Waals surface area contributed by atoms with E-state index in [9.17, 15) is 43.2 Å². The van der Waals surface area contributed by atoms with Gasteiger partial charge in [0.15, 0.2) is 12.2 Å². The molecule has 0 saturated heterocycles. The smallest absolute Gasteiger partial charge is 0.462 e. The Morgan fingerprint density at radius 2 is 0.600 bits per heavy atom. The Morgan fingerprint density at radius 3 is 0.894 bits per heavy atom. The van der Waals surface area contributed by atoms with Crippen LogP contribution < -0.4 is 0 Å². The van der Waals surface area contributed by atoms with Gasteiger partial charge in [0.2, 0.25) is 0 Å². The van der Waals surface area contributed by atoms with Gasteiger partial charge in [-0.1, -0.05) is 279 Å². The van der Waals surface area contributed by atoms with Gasteiger partial charge < -0.3 is 33.8 Å². The number of carbonyl (C=O) groups is 4. The third-order valence-corrected chi connectivity index (χ3v) is 17.5. The van der Waals surface area contributed by atoms with Gasteiger partial charge in [-0.2, -0.15) is 0 Å². The van der Waals surface area contributed by atoms with Gasteiger partial charge in [0.05, 0.1) is 26.4 Å². The minimum atomic E-state index is -4.95. The van der Waals surface area contributed by atoms with Crippen molar-refractivity contribution in [2.24, 2.45) is 11.8 Å². The fraction of sp³-hybridized carbons (Fsp3) is 0.939. The van der Waals surface area contributed by atoms with E-state index in [1.807, 2.05) is 0 Å². The predicted octanol–water partition coefficient (Wildman–Crippen LogP) is 18.4. The molecule has 0 fully saturated rings. The van der Waals surface area contributed by atoms with Gasteiger partial charge in [-0.3, -0.25) is 37.3 Å². The van der Waals surface area contributed by atoms with E-state index in [2.05, 4.69) is 41.5 Å². The summed E-state index contributed by atoms with van der Waals surface area (Å²) in [6, 6.07) is 0. The maximum absolute atomic E-state index is 13.0. The topological polar surface area (TPSA) is 237 Å². The molecule has 0 saturated carbocycles. The van der Waals surface area contributed by atoms with Crippen LogP contribution in [0.25, 0.3) is 0 Å². The summed E-state index contributed by atoms with van der Waals surface area (Å²) in [6.45, 7) is 9.50. The van der Waals surface area contributed by atoms with Crippen LogP contribution in [-0.4, -0.2) is 96.7 Å². The van der Waals surface area contributed by atoms with Crippen LogP contribution in [0.15, 0.2) is 0 Å². The van der Waals surface area contributed by atoms with Gasteiger partial charge in [-0.05, 0) is 37.5 Å². The van der Waals surface area contributed by atoms with Gasteiger partial charge in [-0.25, -0.2) is 9.13 Å². The molecule has 0 aliphatic rings. The van der Waals surface area contributed by atoms with Crippen molar-refractivity contribution >= 4 is 39.5 Å². The number of aliphatic hydroxyl groups excluding tert-OH is 1. The normalized spacial score (nSPS) is 14.6. The number of unbranched alkanes of at least 4 members (excludes halogenated alkanes) is 34. The molecule has 0 spiro atoms. The molecule has 0 heterocycles. The first-order chi connectivity index (χ1) is 40.9. The number of phosphoric acid groups is 2. The number of esters is 4. The van der Waals surface area contributed by atoms with E-state index in [-0.39, 0.29) is 25.7 Å². The summed E-state index contributed by atoms with van der Waals surface area (Å²) in [4.78, 5) is 72.2. The molecule has 504 valence electrons. The number of phosphoric ester groups is 2. The van der Waals surface area contributed by atoms with Crippen LogP contribution in [0.2, 0.25) is 0 Å². The quantitative estimate of drug-likeness (QED) is 0.0222. The number of rotatable bonds is 65. The molecule has 0 aromatic heterocycles. The van der Waals surface area contributed by atoms with Gasteiger partial charge >= 0.3 is 39.5 Å². The molecule has 0 radical (unpaired) electrons. The van der Waals surface area contributed by atoms with Crippen LogP contribution in [0.1, 0.15) is 330 Å². The molecule has 0 aliphatic carbocycles. The van der Waals surface area contributed by atoms with Crippen molar-refractivity contribution in [2.75, 3.05) is 39.6 Å². The van der Waals surface area contributed by atoms with E-state index in [1.54, 1.807) is 0 Å². The third kappa shape index (κ3) is 59.5. The second-order valence-electron chi connectivity index (χ2n) is 24.6. The minimum Gasteiger partial charge on any atom is -0.462 e. The van der Waals surface area contributed by atoms with Gasteiger partial charge in [0.1, 0.15) is 19.3 Å². The summed E-state index contributed by atoms with van der Waals surface area (Å²) in [7, 11) is -9.89. The summed E-state index contributed by atoms with van der Waals surface area (Å²) >= 11 is 0. The van der Waals surface area contributed by atoms with Crippen molar-refractivity contribution in [1.82, 2.24) is 0 Å². The lowest BCUT2D eigenvalue weighted by Gasteiger charge is -2.21. The summed E-state index contributed by atoms with van der Waals surface area (Å²) < 4.78 is 68.0. The lowest BCUT2D eigenvalue weighted by molar-refractivity contribution is -0.161. The van der Waals surface area contributed by atoms with Crippen molar-refractivity contribution in [2.45, 2.75) is 349 Å². The summed E-state index contributed by atoms with van der Waals surface area (Å²) in [5.74, 6) is -0.571. The fourth-order valence-electron chi connectivity index (χ4n) is 9.85. The molecule has 0 amide bonds. The van der Waals surface area contributed by atoms with Crippen molar-refractivity contribution in [1.29, 1.82) is 0 Å². The SMILES string of the molecule is CCCCCCCCCCCCC(=O)O[C@H](COC(=O)CCCCCCCCCC)COP(=O)(O)OC[C@H](O)COP(=O)(O)OC[C@@H](COC(=O)CCCCCCCCCCCCC(C)C)OC(=O)CCCCCCCCCCCCC(C)CC. The first-order valence-electron chi connectivity index (χ1n) is 34.5. The highest BCUT2D eigenvalue weighted by atomic mass is 31.2. The van der Waals surface area contributed by atoms with Gasteiger partial charge in [0, 0.05) is 25.7 Å². The van der Waals surface area contributed by atoms with E-state index < -0.39 is 97.5 Å². The Hall–Kier alpha value is -1.94. The van der Waals surface area contributed by atoms with Crippen LogP contribution in [0.5, 0.6) is 0 Å². The summed E-state index contributed by atoms with van der Waals surface area (Å²) in [6.07, 6.45) is 41.6. The molecule has 0 aromatic rings. The molecular weight excluding hydrogens is 1130 g/mol. The lowest BCUT2D eigenvalue weighted by Crippen LogP contribution is -2.30. The van der Waals surface area contributed by atoms with Crippen LogP contribution in [0, 0.1) is 11.8 Å². The lowest BCUT2D eigenvalue weighted by atomic mass is 9.99. The minimum absolute atomic E-state index is 0.106. The van der Waals surface area contributed by atoms with Crippen LogP contribution in [0.3, 0.4) is 0 Å².